The van der Waals surface area contributed by atoms with Gasteiger partial charge in [0.25, 0.3) is 0 Å². The van der Waals surface area contributed by atoms with Crippen molar-refractivity contribution < 1.29 is 0 Å². The Hall–Kier alpha value is -1.68. The molecular weight excluding hydrogens is 176 g/mol. The van der Waals surface area contributed by atoms with Crippen LogP contribution in [0.15, 0.2) is 30.6 Å². The minimum Gasteiger partial charge on any atom is -0.325 e. The van der Waals surface area contributed by atoms with Crippen LogP contribution in [0.5, 0.6) is 0 Å². The third-order valence-corrected chi connectivity index (χ3v) is 2.14. The second kappa shape index (κ2) is 3.59. The van der Waals surface area contributed by atoms with Crippen LogP contribution in [0.1, 0.15) is 5.69 Å². The van der Waals surface area contributed by atoms with Crippen LogP contribution in [0.3, 0.4) is 0 Å². The van der Waals surface area contributed by atoms with Crippen molar-refractivity contribution in [1.29, 1.82) is 0 Å². The molecule has 0 bridgehead atoms. The summed E-state index contributed by atoms with van der Waals surface area (Å²) in [7, 11) is 1.89. The molecule has 0 aromatic carbocycles. The monoisotopic (exact) mass is 188 g/mol. The molecule has 14 heavy (non-hydrogen) atoms. The number of aromatic nitrogens is 3. The molecule has 0 unspecified atom stereocenters. The van der Waals surface area contributed by atoms with Gasteiger partial charge in [-0.05, 0) is 18.2 Å². The van der Waals surface area contributed by atoms with E-state index in [9.17, 15) is 0 Å². The molecule has 0 atom stereocenters. The summed E-state index contributed by atoms with van der Waals surface area (Å²) in [5, 5.41) is 4.35. The van der Waals surface area contributed by atoms with Crippen molar-refractivity contribution in [3.63, 3.8) is 0 Å². The maximum Gasteiger partial charge on any atom is 0.0941 e. The van der Waals surface area contributed by atoms with Gasteiger partial charge in [0.15, 0.2) is 0 Å². The molecule has 0 spiro atoms. The number of rotatable bonds is 2. The van der Waals surface area contributed by atoms with Crippen LogP contribution in [0.2, 0.25) is 0 Å². The van der Waals surface area contributed by atoms with E-state index in [1.165, 1.54) is 0 Å². The molecule has 2 N–H and O–H groups in total. The lowest BCUT2D eigenvalue weighted by molar-refractivity contribution is 0.714. The summed E-state index contributed by atoms with van der Waals surface area (Å²) in [5.41, 5.74) is 8.52. The van der Waals surface area contributed by atoms with Crippen molar-refractivity contribution in [2.75, 3.05) is 0 Å². The van der Waals surface area contributed by atoms with Gasteiger partial charge in [-0.15, -0.1) is 0 Å². The maximum atomic E-state index is 5.57. The topological polar surface area (TPSA) is 56.7 Å². The van der Waals surface area contributed by atoms with Crippen molar-refractivity contribution in [2.24, 2.45) is 12.8 Å². The first-order chi connectivity index (χ1) is 6.81. The first-order valence-corrected chi connectivity index (χ1v) is 4.44. The first kappa shape index (κ1) is 8.90. The predicted molar refractivity (Wildman–Crippen MR) is 54.3 cm³/mol. The Morgan fingerprint density at radius 1 is 1.50 bits per heavy atom. The molecule has 4 heteroatoms. The van der Waals surface area contributed by atoms with Crippen molar-refractivity contribution >= 4 is 0 Å². The summed E-state index contributed by atoms with van der Waals surface area (Å²) in [6.45, 7) is 0.504. The van der Waals surface area contributed by atoms with Gasteiger partial charge in [-0.1, -0.05) is 0 Å². The number of nitrogens with zero attached hydrogens (tertiary/aromatic N) is 3. The molecule has 0 aliphatic heterocycles. The molecule has 0 fully saturated rings. The summed E-state index contributed by atoms with van der Waals surface area (Å²) in [6, 6.07) is 5.86. The lowest BCUT2D eigenvalue weighted by Gasteiger charge is -1.93. The van der Waals surface area contributed by atoms with Gasteiger partial charge in [0.1, 0.15) is 0 Å². The fourth-order valence-electron chi connectivity index (χ4n) is 1.35. The molecule has 2 heterocycles. The highest BCUT2D eigenvalue weighted by atomic mass is 15.3. The van der Waals surface area contributed by atoms with Gasteiger partial charge in [-0.3, -0.25) is 9.67 Å². The quantitative estimate of drug-likeness (QED) is 0.763. The van der Waals surface area contributed by atoms with E-state index in [2.05, 4.69) is 10.1 Å². The third-order valence-electron chi connectivity index (χ3n) is 2.14. The van der Waals surface area contributed by atoms with Gasteiger partial charge in [-0.2, -0.15) is 5.10 Å². The van der Waals surface area contributed by atoms with Gasteiger partial charge < -0.3 is 5.73 Å². The highest BCUT2D eigenvalue weighted by Crippen LogP contribution is 2.16. The van der Waals surface area contributed by atoms with E-state index < -0.39 is 0 Å². The van der Waals surface area contributed by atoms with E-state index in [0.29, 0.717) is 6.54 Å². The van der Waals surface area contributed by atoms with Crippen LogP contribution in [0, 0.1) is 0 Å². The SMILES string of the molecule is Cn1nc(-c2cccnc2)cc1CN. The number of hydrogen-bond acceptors (Lipinski definition) is 3. The number of pyridine rings is 1. The third kappa shape index (κ3) is 1.52. The second-order valence-electron chi connectivity index (χ2n) is 3.09. The normalized spacial score (nSPS) is 10.4. The highest BCUT2D eigenvalue weighted by molar-refractivity contribution is 5.57. The zero-order chi connectivity index (χ0) is 9.97. The van der Waals surface area contributed by atoms with Crippen molar-refractivity contribution in [2.45, 2.75) is 6.54 Å². The molecular formula is C10H12N4. The molecule has 4 nitrogen and oxygen atoms in total. The Morgan fingerprint density at radius 2 is 2.36 bits per heavy atom. The Kier molecular flexibility index (Phi) is 2.28. The van der Waals surface area contributed by atoms with Crippen molar-refractivity contribution in [3.05, 3.63) is 36.3 Å². The molecule has 0 amide bonds. The lowest BCUT2D eigenvalue weighted by atomic mass is 10.2. The molecule has 0 saturated heterocycles. The summed E-state index contributed by atoms with van der Waals surface area (Å²) in [6.07, 6.45) is 3.54. The van der Waals surface area contributed by atoms with Crippen LogP contribution in [-0.4, -0.2) is 14.8 Å². The zero-order valence-electron chi connectivity index (χ0n) is 8.01. The van der Waals surface area contributed by atoms with Crippen molar-refractivity contribution in [1.82, 2.24) is 14.8 Å². The molecule has 0 aliphatic carbocycles. The van der Waals surface area contributed by atoms with Gasteiger partial charge in [-0.25, -0.2) is 0 Å². The second-order valence-corrected chi connectivity index (χ2v) is 3.09. The molecule has 0 aliphatic rings. The van der Waals surface area contributed by atoms with E-state index in [1.54, 1.807) is 17.1 Å². The van der Waals surface area contributed by atoms with E-state index in [4.69, 9.17) is 5.73 Å². The standard InChI is InChI=1S/C10H12N4/c1-14-9(6-11)5-10(13-14)8-3-2-4-12-7-8/h2-5,7H,6,11H2,1H3. The van der Waals surface area contributed by atoms with Crippen LogP contribution in [-0.2, 0) is 13.6 Å². The smallest absolute Gasteiger partial charge is 0.0941 e. The van der Waals surface area contributed by atoms with E-state index in [-0.39, 0.29) is 0 Å². The molecule has 0 radical (unpaired) electrons. The van der Waals surface area contributed by atoms with Crippen molar-refractivity contribution in [3.8, 4) is 11.3 Å². The van der Waals surface area contributed by atoms with E-state index in [1.807, 2.05) is 25.2 Å². The molecule has 2 rings (SSSR count). The van der Waals surface area contributed by atoms with Gasteiger partial charge in [0.05, 0.1) is 11.4 Å². The van der Waals surface area contributed by atoms with E-state index >= 15 is 0 Å². The number of aryl methyl sites for hydroxylation is 1. The fraction of sp³-hybridized carbons (Fsp3) is 0.200. The van der Waals surface area contributed by atoms with E-state index in [0.717, 1.165) is 17.0 Å². The largest absolute Gasteiger partial charge is 0.325 e. The number of nitrogens with two attached hydrogens (primary N) is 1. The Morgan fingerprint density at radius 3 is 2.93 bits per heavy atom. The molecule has 0 saturated carbocycles. The summed E-state index contributed by atoms with van der Waals surface area (Å²) >= 11 is 0. The summed E-state index contributed by atoms with van der Waals surface area (Å²) in [5.74, 6) is 0. The molecule has 2 aromatic heterocycles. The lowest BCUT2D eigenvalue weighted by Crippen LogP contribution is -2.03. The Balaban J connectivity index is 2.43. The van der Waals surface area contributed by atoms with Crippen LogP contribution in [0.4, 0.5) is 0 Å². The summed E-state index contributed by atoms with van der Waals surface area (Å²) < 4.78 is 1.79. The maximum absolute atomic E-state index is 5.57. The molecule has 72 valence electrons. The number of hydrogen-bond donors (Lipinski definition) is 1. The van der Waals surface area contributed by atoms with Crippen LogP contribution >= 0.6 is 0 Å². The van der Waals surface area contributed by atoms with Crippen LogP contribution in [0.25, 0.3) is 11.3 Å². The minimum atomic E-state index is 0.504. The Bertz CT molecular complexity index is 419. The highest BCUT2D eigenvalue weighted by Gasteiger charge is 2.04. The fourth-order valence-corrected chi connectivity index (χ4v) is 1.35. The zero-order valence-corrected chi connectivity index (χ0v) is 8.01. The summed E-state index contributed by atoms with van der Waals surface area (Å²) in [4.78, 5) is 4.05. The first-order valence-electron chi connectivity index (χ1n) is 4.44. The molecule has 2 aromatic rings. The van der Waals surface area contributed by atoms with Gasteiger partial charge in [0, 0.05) is 31.5 Å². The van der Waals surface area contributed by atoms with Crippen LogP contribution < -0.4 is 5.73 Å². The van der Waals surface area contributed by atoms with Gasteiger partial charge in [0.2, 0.25) is 0 Å². The average molecular weight is 188 g/mol. The minimum absolute atomic E-state index is 0.504. The average Bonchev–Trinajstić information content (AvgIpc) is 2.61. The van der Waals surface area contributed by atoms with Gasteiger partial charge >= 0.3 is 0 Å². The Labute approximate surface area is 82.4 Å². The predicted octanol–water partition coefficient (Wildman–Crippen LogP) is 0.941.